The number of hydrogen-bond donors (Lipinski definition) is 1. The first kappa shape index (κ1) is 20.6. The fraction of sp³-hybridized carbons (Fsp3) is 0.333. The zero-order chi connectivity index (χ0) is 20.1. The van der Waals surface area contributed by atoms with Crippen molar-refractivity contribution in [2.45, 2.75) is 11.8 Å². The van der Waals surface area contributed by atoms with Gasteiger partial charge in [-0.25, -0.2) is 4.98 Å². The molecule has 3 aromatic rings. The van der Waals surface area contributed by atoms with E-state index in [0.717, 1.165) is 38.7 Å². The Morgan fingerprint density at radius 1 is 1.21 bits per heavy atom. The summed E-state index contributed by atoms with van der Waals surface area (Å²) in [5.74, 6) is 1.65. The minimum Gasteiger partial charge on any atom is -0.494 e. The van der Waals surface area contributed by atoms with Gasteiger partial charge in [0, 0.05) is 4.90 Å². The van der Waals surface area contributed by atoms with Gasteiger partial charge in [0.25, 0.3) is 5.91 Å². The first-order valence-electron chi connectivity index (χ1n) is 9.31. The van der Waals surface area contributed by atoms with E-state index in [1.165, 1.54) is 16.2 Å². The second-order valence-electron chi connectivity index (χ2n) is 6.65. The summed E-state index contributed by atoms with van der Waals surface area (Å²) >= 11 is 3.22. The number of carbonyl (C=O) groups excluding carboxylic acids is 1. The minimum atomic E-state index is -0.00387. The minimum absolute atomic E-state index is 0.00387. The third-order valence-electron chi connectivity index (χ3n) is 4.32. The molecular weight excluding hydrogens is 390 g/mol. The molecule has 1 heterocycles. The lowest BCUT2D eigenvalue weighted by molar-refractivity contribution is -0.856. The molecule has 0 aliphatic heterocycles. The molecule has 0 unspecified atom stereocenters. The zero-order valence-electron chi connectivity index (χ0n) is 16.7. The highest BCUT2D eigenvalue weighted by Gasteiger charge is 2.24. The van der Waals surface area contributed by atoms with Gasteiger partial charge in [-0.15, -0.1) is 11.8 Å². The van der Waals surface area contributed by atoms with Crippen LogP contribution in [0.1, 0.15) is 17.3 Å². The normalized spacial score (nSPS) is 11.2. The van der Waals surface area contributed by atoms with Gasteiger partial charge in [-0.1, -0.05) is 36.5 Å². The highest BCUT2D eigenvalue weighted by atomic mass is 32.2. The number of aromatic nitrogens is 1. The van der Waals surface area contributed by atoms with E-state index in [-0.39, 0.29) is 5.91 Å². The van der Waals surface area contributed by atoms with Gasteiger partial charge in [0.15, 0.2) is 5.13 Å². The van der Waals surface area contributed by atoms with Gasteiger partial charge < -0.3 is 9.64 Å². The second kappa shape index (κ2) is 9.41. The lowest BCUT2D eigenvalue weighted by atomic mass is 10.2. The topological polar surface area (TPSA) is 46.9 Å². The highest BCUT2D eigenvalue weighted by molar-refractivity contribution is 7.99. The number of thioether (sulfide) groups is 1. The number of para-hydroxylation sites is 1. The van der Waals surface area contributed by atoms with E-state index in [0.29, 0.717) is 11.7 Å². The number of benzene rings is 2. The first-order chi connectivity index (χ1) is 13.5. The van der Waals surface area contributed by atoms with Gasteiger partial charge in [-0.3, -0.25) is 9.69 Å². The van der Waals surface area contributed by atoms with Crippen molar-refractivity contribution < 1.29 is 14.4 Å². The number of nitrogens with zero attached hydrogens (tertiary/aromatic N) is 2. The summed E-state index contributed by atoms with van der Waals surface area (Å²) in [6, 6.07) is 13.7. The largest absolute Gasteiger partial charge is 0.494 e. The Kier molecular flexibility index (Phi) is 6.93. The van der Waals surface area contributed by atoms with Gasteiger partial charge in [0.2, 0.25) is 0 Å². The molecule has 0 spiro atoms. The number of anilines is 1. The van der Waals surface area contributed by atoms with Gasteiger partial charge in [-0.2, -0.15) is 0 Å². The molecule has 0 bridgehead atoms. The molecule has 148 valence electrons. The SMILES string of the molecule is CCSc1ccccc1C(=O)N(CC[NH+](C)C)c1nc2c(OC)cccc2s1. The van der Waals surface area contributed by atoms with Crippen LogP contribution in [0.15, 0.2) is 47.4 Å². The van der Waals surface area contributed by atoms with E-state index < -0.39 is 0 Å². The summed E-state index contributed by atoms with van der Waals surface area (Å²) in [6.07, 6.45) is 0. The van der Waals surface area contributed by atoms with E-state index in [4.69, 9.17) is 9.72 Å². The van der Waals surface area contributed by atoms with Crippen molar-refractivity contribution in [2.75, 3.05) is 44.9 Å². The van der Waals surface area contributed by atoms with Crippen LogP contribution in [0.4, 0.5) is 5.13 Å². The van der Waals surface area contributed by atoms with Crippen molar-refractivity contribution >= 4 is 44.4 Å². The first-order valence-corrected chi connectivity index (χ1v) is 11.1. The van der Waals surface area contributed by atoms with Gasteiger partial charge in [-0.05, 0) is 30.0 Å². The number of thiazole rings is 1. The van der Waals surface area contributed by atoms with E-state index in [9.17, 15) is 4.79 Å². The number of amides is 1. The van der Waals surface area contributed by atoms with Crippen LogP contribution >= 0.6 is 23.1 Å². The van der Waals surface area contributed by atoms with Crippen LogP contribution in [0.3, 0.4) is 0 Å². The number of rotatable bonds is 8. The average molecular weight is 417 g/mol. The van der Waals surface area contributed by atoms with Crippen LogP contribution in [0.5, 0.6) is 5.75 Å². The molecule has 0 fully saturated rings. The van der Waals surface area contributed by atoms with Crippen molar-refractivity contribution in [3.63, 3.8) is 0 Å². The Morgan fingerprint density at radius 3 is 2.71 bits per heavy atom. The quantitative estimate of drug-likeness (QED) is 0.573. The van der Waals surface area contributed by atoms with E-state index >= 15 is 0 Å². The van der Waals surface area contributed by atoms with Crippen molar-refractivity contribution in [1.29, 1.82) is 0 Å². The number of carbonyl (C=O) groups is 1. The van der Waals surface area contributed by atoms with Crippen molar-refractivity contribution in [2.24, 2.45) is 0 Å². The Morgan fingerprint density at radius 2 is 2.00 bits per heavy atom. The molecule has 0 saturated heterocycles. The number of hydrogen-bond acceptors (Lipinski definition) is 5. The molecule has 7 heteroatoms. The van der Waals surface area contributed by atoms with E-state index in [2.05, 4.69) is 21.0 Å². The maximum atomic E-state index is 13.5. The fourth-order valence-corrected chi connectivity index (χ4v) is 4.69. The Bertz CT molecular complexity index is 956. The fourth-order valence-electron chi connectivity index (χ4n) is 2.88. The molecule has 0 aliphatic carbocycles. The van der Waals surface area contributed by atoms with Crippen LogP contribution in [0.25, 0.3) is 10.2 Å². The molecule has 3 rings (SSSR count). The predicted octanol–water partition coefficient (Wildman–Crippen LogP) is 3.21. The molecule has 0 radical (unpaired) electrons. The summed E-state index contributed by atoms with van der Waals surface area (Å²) in [7, 11) is 5.82. The van der Waals surface area contributed by atoms with Gasteiger partial charge in [0.05, 0.1) is 44.6 Å². The summed E-state index contributed by atoms with van der Waals surface area (Å²) in [6.45, 7) is 3.54. The predicted molar refractivity (Wildman–Crippen MR) is 118 cm³/mol. The molecule has 1 aromatic heterocycles. The number of likely N-dealkylation sites (N-methyl/N-ethyl adjacent to an activating group) is 1. The standard InChI is InChI=1S/C21H25N3O2S2/c1-5-27-17-11-7-6-9-15(17)20(25)24(14-13-23(2)3)21-22-19-16(26-4)10-8-12-18(19)28-21/h6-12H,5,13-14H2,1-4H3/p+1. The van der Waals surface area contributed by atoms with Crippen LogP contribution in [-0.4, -0.2) is 50.9 Å². The molecule has 1 amide bonds. The number of nitrogens with one attached hydrogen (secondary N) is 1. The molecule has 0 atom stereocenters. The average Bonchev–Trinajstić information content (AvgIpc) is 3.12. The highest BCUT2D eigenvalue weighted by Crippen LogP contribution is 2.35. The van der Waals surface area contributed by atoms with Crippen LogP contribution in [0.2, 0.25) is 0 Å². The van der Waals surface area contributed by atoms with Crippen molar-refractivity contribution in [3.05, 3.63) is 48.0 Å². The molecule has 5 nitrogen and oxygen atoms in total. The number of methoxy groups -OCH3 is 1. The summed E-state index contributed by atoms with van der Waals surface area (Å²) < 4.78 is 6.46. The van der Waals surface area contributed by atoms with Gasteiger partial charge >= 0.3 is 0 Å². The Hall–Kier alpha value is -2.09. The zero-order valence-corrected chi connectivity index (χ0v) is 18.3. The number of fused-ring (bicyclic) bond motifs is 1. The molecule has 0 aliphatic rings. The third kappa shape index (κ3) is 4.48. The monoisotopic (exact) mass is 416 g/mol. The smallest absolute Gasteiger partial charge is 0.261 e. The summed E-state index contributed by atoms with van der Waals surface area (Å²) in [5, 5.41) is 0.710. The second-order valence-corrected chi connectivity index (χ2v) is 8.96. The van der Waals surface area contributed by atoms with Crippen LogP contribution < -0.4 is 14.5 Å². The van der Waals surface area contributed by atoms with Crippen LogP contribution in [-0.2, 0) is 0 Å². The Labute approximate surface area is 174 Å². The lowest BCUT2D eigenvalue weighted by Gasteiger charge is -2.21. The summed E-state index contributed by atoms with van der Waals surface area (Å²) in [5.41, 5.74) is 1.53. The molecule has 0 saturated carbocycles. The summed E-state index contributed by atoms with van der Waals surface area (Å²) in [4.78, 5) is 22.4. The van der Waals surface area contributed by atoms with Crippen molar-refractivity contribution in [1.82, 2.24) is 4.98 Å². The third-order valence-corrected chi connectivity index (χ3v) is 6.32. The maximum absolute atomic E-state index is 13.5. The van der Waals surface area contributed by atoms with Crippen LogP contribution in [0, 0.1) is 0 Å². The molecule has 2 aromatic carbocycles. The van der Waals surface area contributed by atoms with E-state index in [1.54, 1.807) is 18.9 Å². The number of quaternary nitrogens is 1. The van der Waals surface area contributed by atoms with Crippen molar-refractivity contribution in [3.8, 4) is 5.75 Å². The molecule has 1 N–H and O–H groups in total. The maximum Gasteiger partial charge on any atom is 0.261 e. The van der Waals surface area contributed by atoms with E-state index in [1.807, 2.05) is 47.4 Å². The molecular formula is C21H26N3O2S2+. The number of ether oxygens (including phenoxy) is 1. The molecule has 28 heavy (non-hydrogen) atoms. The van der Waals surface area contributed by atoms with Gasteiger partial charge in [0.1, 0.15) is 11.3 Å². The lowest BCUT2D eigenvalue weighted by Crippen LogP contribution is -3.06. The Balaban J connectivity index is 2.03.